The van der Waals surface area contributed by atoms with Crippen molar-refractivity contribution < 1.29 is 13.9 Å². The summed E-state index contributed by atoms with van der Waals surface area (Å²) >= 11 is 0. The highest BCUT2D eigenvalue weighted by Gasteiger charge is 2.32. The lowest BCUT2D eigenvalue weighted by atomic mass is 9.85. The molecule has 0 spiro atoms. The molecule has 22 heavy (non-hydrogen) atoms. The molecule has 0 bridgehead atoms. The molecule has 2 N–H and O–H groups in total. The van der Waals surface area contributed by atoms with Crippen molar-refractivity contribution >= 4 is 6.09 Å². The maximum absolute atomic E-state index is 13.4. The zero-order chi connectivity index (χ0) is 16.5. The van der Waals surface area contributed by atoms with Gasteiger partial charge in [0.15, 0.2) is 0 Å². The first-order valence-electron chi connectivity index (χ1n) is 7.67. The van der Waals surface area contributed by atoms with Gasteiger partial charge in [-0.05, 0) is 51.3 Å². The molecule has 0 aromatic heterocycles. The average molecular weight is 308 g/mol. The Morgan fingerprint density at radius 1 is 1.41 bits per heavy atom. The summed E-state index contributed by atoms with van der Waals surface area (Å²) in [5.74, 6) is -0.0681. The topological polar surface area (TPSA) is 55.6 Å². The third kappa shape index (κ3) is 3.97. The van der Waals surface area contributed by atoms with Gasteiger partial charge in [0.05, 0.1) is 0 Å². The van der Waals surface area contributed by atoms with Gasteiger partial charge in [-0.2, -0.15) is 0 Å². The smallest absolute Gasteiger partial charge is 0.410 e. The Kier molecular flexibility index (Phi) is 4.75. The molecule has 1 aliphatic rings. The zero-order valence-electron chi connectivity index (χ0n) is 13.7. The number of carbonyl (C=O) groups is 1. The number of halogens is 1. The number of piperidine rings is 1. The summed E-state index contributed by atoms with van der Waals surface area (Å²) in [4.78, 5) is 13.8. The van der Waals surface area contributed by atoms with Crippen molar-refractivity contribution in [2.24, 2.45) is 5.73 Å². The number of benzene rings is 1. The van der Waals surface area contributed by atoms with Crippen molar-refractivity contribution in [3.05, 3.63) is 35.1 Å². The summed E-state index contributed by atoms with van der Waals surface area (Å²) in [7, 11) is 0. The molecule has 4 nitrogen and oxygen atoms in total. The highest BCUT2D eigenvalue weighted by atomic mass is 19.1. The van der Waals surface area contributed by atoms with Crippen molar-refractivity contribution in [2.75, 3.05) is 13.1 Å². The van der Waals surface area contributed by atoms with E-state index < -0.39 is 5.60 Å². The first kappa shape index (κ1) is 16.7. The van der Waals surface area contributed by atoms with Crippen molar-refractivity contribution in [1.29, 1.82) is 0 Å². The Labute approximate surface area is 131 Å². The van der Waals surface area contributed by atoms with E-state index in [1.165, 1.54) is 6.07 Å². The number of amides is 1. The van der Waals surface area contributed by atoms with E-state index in [-0.39, 0.29) is 23.9 Å². The van der Waals surface area contributed by atoms with Crippen LogP contribution in [0.25, 0.3) is 0 Å². The number of hydrogen-bond acceptors (Lipinski definition) is 3. The predicted octanol–water partition coefficient (Wildman–Crippen LogP) is 3.19. The lowest BCUT2D eigenvalue weighted by Gasteiger charge is -2.37. The minimum Gasteiger partial charge on any atom is -0.444 e. The number of nitrogens with zero attached hydrogens (tertiary/aromatic N) is 1. The van der Waals surface area contributed by atoms with Crippen LogP contribution < -0.4 is 5.73 Å². The van der Waals surface area contributed by atoms with Crippen molar-refractivity contribution in [1.82, 2.24) is 4.90 Å². The summed E-state index contributed by atoms with van der Waals surface area (Å²) in [6.45, 7) is 8.34. The van der Waals surface area contributed by atoms with Gasteiger partial charge in [0.1, 0.15) is 11.4 Å². The van der Waals surface area contributed by atoms with Crippen LogP contribution in [0.2, 0.25) is 0 Å². The SMILES string of the molecule is Cc1cc([C@H]2CCN(C(=O)OC(C)(C)C)C[C@@H]2N)ccc1F. The molecular formula is C17H25FN2O2. The van der Waals surface area contributed by atoms with Gasteiger partial charge in [-0.3, -0.25) is 0 Å². The van der Waals surface area contributed by atoms with Gasteiger partial charge in [-0.1, -0.05) is 12.1 Å². The molecule has 1 aromatic rings. The van der Waals surface area contributed by atoms with E-state index in [1.54, 1.807) is 17.9 Å². The van der Waals surface area contributed by atoms with Crippen LogP contribution in [0.5, 0.6) is 0 Å². The zero-order valence-corrected chi connectivity index (χ0v) is 13.7. The van der Waals surface area contributed by atoms with E-state index >= 15 is 0 Å². The second kappa shape index (κ2) is 6.24. The van der Waals surface area contributed by atoms with Crippen LogP contribution in [0.4, 0.5) is 9.18 Å². The van der Waals surface area contributed by atoms with E-state index in [9.17, 15) is 9.18 Å². The number of ether oxygens (including phenoxy) is 1. The van der Waals surface area contributed by atoms with Gasteiger partial charge in [-0.15, -0.1) is 0 Å². The fourth-order valence-corrected chi connectivity index (χ4v) is 2.79. The number of rotatable bonds is 1. The molecule has 0 radical (unpaired) electrons. The number of hydrogen-bond donors (Lipinski definition) is 1. The molecule has 0 unspecified atom stereocenters. The molecule has 5 heteroatoms. The summed E-state index contributed by atoms with van der Waals surface area (Å²) in [6, 6.07) is 4.95. The third-order valence-electron chi connectivity index (χ3n) is 3.92. The van der Waals surface area contributed by atoms with Gasteiger partial charge in [0.2, 0.25) is 0 Å². The molecule has 1 saturated heterocycles. The number of nitrogens with two attached hydrogens (primary N) is 1. The van der Waals surface area contributed by atoms with Crippen LogP contribution >= 0.6 is 0 Å². The van der Waals surface area contributed by atoms with Crippen LogP contribution in [-0.2, 0) is 4.74 Å². The molecule has 2 rings (SSSR count). The molecule has 0 saturated carbocycles. The Morgan fingerprint density at radius 2 is 2.09 bits per heavy atom. The molecule has 1 amide bonds. The van der Waals surface area contributed by atoms with Crippen LogP contribution in [-0.4, -0.2) is 35.7 Å². The fraction of sp³-hybridized carbons (Fsp3) is 0.588. The van der Waals surface area contributed by atoms with E-state index in [2.05, 4.69) is 0 Å². The Morgan fingerprint density at radius 3 is 2.64 bits per heavy atom. The molecule has 2 atom stereocenters. The number of aryl methyl sites for hydroxylation is 1. The van der Waals surface area contributed by atoms with E-state index in [4.69, 9.17) is 10.5 Å². The monoisotopic (exact) mass is 308 g/mol. The summed E-state index contributed by atoms with van der Waals surface area (Å²) in [5.41, 5.74) is 7.40. The molecule has 1 heterocycles. The largest absolute Gasteiger partial charge is 0.444 e. The minimum absolute atomic E-state index is 0.137. The van der Waals surface area contributed by atoms with Crippen LogP contribution in [0.15, 0.2) is 18.2 Å². The predicted molar refractivity (Wildman–Crippen MR) is 84.3 cm³/mol. The molecular weight excluding hydrogens is 283 g/mol. The molecule has 122 valence electrons. The number of carbonyl (C=O) groups excluding carboxylic acids is 1. The minimum atomic E-state index is -0.508. The molecule has 1 aliphatic heterocycles. The lowest BCUT2D eigenvalue weighted by Crippen LogP contribution is -2.50. The first-order valence-corrected chi connectivity index (χ1v) is 7.67. The van der Waals surface area contributed by atoms with E-state index in [1.807, 2.05) is 26.8 Å². The van der Waals surface area contributed by atoms with Crippen molar-refractivity contribution in [3.63, 3.8) is 0 Å². The van der Waals surface area contributed by atoms with Gasteiger partial charge < -0.3 is 15.4 Å². The second-order valence-corrected chi connectivity index (χ2v) is 6.99. The Balaban J connectivity index is 2.03. The fourth-order valence-electron chi connectivity index (χ4n) is 2.79. The van der Waals surface area contributed by atoms with E-state index in [0.29, 0.717) is 18.7 Å². The third-order valence-corrected chi connectivity index (χ3v) is 3.92. The number of likely N-dealkylation sites (tertiary alicyclic amines) is 1. The Bertz CT molecular complexity index is 554. The highest BCUT2D eigenvalue weighted by molar-refractivity contribution is 5.68. The van der Waals surface area contributed by atoms with Gasteiger partial charge in [0.25, 0.3) is 0 Å². The van der Waals surface area contributed by atoms with Crippen molar-refractivity contribution in [2.45, 2.75) is 51.7 Å². The van der Waals surface area contributed by atoms with Crippen LogP contribution in [0.3, 0.4) is 0 Å². The molecule has 1 aromatic carbocycles. The van der Waals surface area contributed by atoms with Crippen LogP contribution in [0, 0.1) is 12.7 Å². The maximum Gasteiger partial charge on any atom is 0.410 e. The quantitative estimate of drug-likeness (QED) is 0.867. The lowest BCUT2D eigenvalue weighted by molar-refractivity contribution is 0.0186. The van der Waals surface area contributed by atoms with E-state index in [0.717, 1.165) is 12.0 Å². The standard InChI is InChI=1S/C17H25FN2O2/c1-11-9-12(5-6-14(11)18)13-7-8-20(10-15(13)19)16(21)22-17(2,3)4/h5-6,9,13,15H,7-8,10,19H2,1-4H3/t13-,15+/m1/s1. The van der Waals surface area contributed by atoms with Crippen LogP contribution in [0.1, 0.15) is 44.2 Å². The van der Waals surface area contributed by atoms with Gasteiger partial charge in [0, 0.05) is 25.0 Å². The summed E-state index contributed by atoms with van der Waals surface area (Å²) < 4.78 is 18.8. The average Bonchev–Trinajstić information content (AvgIpc) is 2.40. The van der Waals surface area contributed by atoms with Gasteiger partial charge >= 0.3 is 6.09 Å². The second-order valence-electron chi connectivity index (χ2n) is 6.99. The molecule has 0 aliphatic carbocycles. The normalized spacial score (nSPS) is 22.5. The summed E-state index contributed by atoms with van der Waals surface area (Å²) in [5, 5.41) is 0. The van der Waals surface area contributed by atoms with Gasteiger partial charge in [-0.25, -0.2) is 9.18 Å². The Hall–Kier alpha value is -1.62. The highest BCUT2D eigenvalue weighted by Crippen LogP contribution is 2.29. The first-order chi connectivity index (χ1) is 10.2. The molecule has 1 fully saturated rings. The van der Waals surface area contributed by atoms with Crippen molar-refractivity contribution in [3.8, 4) is 0 Å². The summed E-state index contributed by atoms with van der Waals surface area (Å²) in [6.07, 6.45) is 0.433. The maximum atomic E-state index is 13.4.